The zero-order valence-corrected chi connectivity index (χ0v) is 7.64. The monoisotopic (exact) mass is 240 g/mol. The second-order valence-electron chi connectivity index (χ2n) is 1.45. The fourth-order valence-electron chi connectivity index (χ4n) is 0.289. The van der Waals surface area contributed by atoms with E-state index in [0.717, 1.165) is 0 Å². The number of hydrogen-bond donors (Lipinski definition) is 0. The van der Waals surface area contributed by atoms with Crippen LogP contribution in [-0.4, -0.2) is 20.0 Å². The smallest absolute Gasteiger partial charge is 0.148 e. The zero-order chi connectivity index (χ0) is 7.11. The van der Waals surface area contributed by atoms with Crippen molar-refractivity contribution in [2.24, 2.45) is 0 Å². The quantitative estimate of drug-likeness (QED) is 0.421. The van der Waals surface area contributed by atoms with Gasteiger partial charge in [0, 0.05) is 29.7 Å². The largest absolute Gasteiger partial charge is 0.359 e. The molecule has 0 spiro atoms. The van der Waals surface area contributed by atoms with Crippen LogP contribution in [0.1, 0.15) is 6.92 Å². The van der Waals surface area contributed by atoms with Crippen molar-refractivity contribution < 1.29 is 9.47 Å². The van der Waals surface area contributed by atoms with Crippen LogP contribution < -0.4 is 0 Å². The summed E-state index contributed by atoms with van der Waals surface area (Å²) in [4.78, 5) is 0. The first-order valence-electron chi connectivity index (χ1n) is 2.53. The van der Waals surface area contributed by atoms with Crippen molar-refractivity contribution in [3.8, 4) is 9.85 Å². The molecule has 0 radical (unpaired) electrons. The summed E-state index contributed by atoms with van der Waals surface area (Å²) in [6.45, 7) is 2.19. The Morgan fingerprint density at radius 3 is 2.78 bits per heavy atom. The Kier molecular flexibility index (Phi) is 6.48. The highest BCUT2D eigenvalue weighted by Gasteiger charge is 1.92. The molecule has 1 unspecified atom stereocenters. The molecule has 2 nitrogen and oxygen atoms in total. The average Bonchev–Trinajstić information content (AvgIpc) is 1.85. The van der Waals surface area contributed by atoms with Crippen LogP contribution in [0.5, 0.6) is 0 Å². The van der Waals surface area contributed by atoms with Gasteiger partial charge in [-0.2, -0.15) is 0 Å². The summed E-state index contributed by atoms with van der Waals surface area (Å²) >= 11 is 1.97. The summed E-state index contributed by atoms with van der Waals surface area (Å²) in [6.07, 6.45) is -0.0261. The number of halogens is 1. The number of hydrogen-bond acceptors (Lipinski definition) is 2. The lowest BCUT2D eigenvalue weighted by Gasteiger charge is -2.03. The van der Waals surface area contributed by atoms with Crippen molar-refractivity contribution in [2.45, 2.75) is 13.0 Å². The average molecular weight is 240 g/mol. The minimum Gasteiger partial charge on any atom is -0.359 e. The Labute approximate surface area is 69.1 Å². The van der Waals surface area contributed by atoms with Gasteiger partial charge in [0.2, 0.25) is 0 Å². The maximum absolute atomic E-state index is 5.03. The molecule has 0 saturated carbocycles. The van der Waals surface area contributed by atoms with Gasteiger partial charge in [-0.05, 0) is 10.9 Å². The number of rotatable bonds is 3. The number of methoxy groups -OCH3 is 1. The van der Waals surface area contributed by atoms with Gasteiger partial charge >= 0.3 is 0 Å². The molecule has 0 aliphatic rings. The van der Waals surface area contributed by atoms with Crippen molar-refractivity contribution in [1.29, 1.82) is 0 Å². The highest BCUT2D eigenvalue weighted by molar-refractivity contribution is 14.1. The molecule has 0 saturated heterocycles. The predicted octanol–water partition coefficient (Wildman–Crippen LogP) is 1.39. The fraction of sp³-hybridized carbons (Fsp3) is 0.667. The van der Waals surface area contributed by atoms with Gasteiger partial charge < -0.3 is 9.47 Å². The van der Waals surface area contributed by atoms with E-state index in [-0.39, 0.29) is 6.10 Å². The third kappa shape index (κ3) is 6.09. The molecule has 0 rings (SSSR count). The van der Waals surface area contributed by atoms with E-state index in [0.29, 0.717) is 6.79 Å². The van der Waals surface area contributed by atoms with Crippen LogP contribution in [0, 0.1) is 9.85 Å². The van der Waals surface area contributed by atoms with E-state index in [1.165, 1.54) is 0 Å². The van der Waals surface area contributed by atoms with E-state index >= 15 is 0 Å². The van der Waals surface area contributed by atoms with Gasteiger partial charge in [-0.1, -0.05) is 5.92 Å². The first-order chi connectivity index (χ1) is 4.31. The van der Waals surface area contributed by atoms with Crippen LogP contribution in [0.25, 0.3) is 0 Å². The minimum absolute atomic E-state index is 0.0261. The third-order valence-electron chi connectivity index (χ3n) is 0.694. The van der Waals surface area contributed by atoms with Gasteiger partial charge in [0.25, 0.3) is 0 Å². The van der Waals surface area contributed by atoms with Crippen LogP contribution in [0.15, 0.2) is 0 Å². The Morgan fingerprint density at radius 2 is 2.33 bits per heavy atom. The first-order valence-corrected chi connectivity index (χ1v) is 3.61. The van der Waals surface area contributed by atoms with Gasteiger partial charge in [0.1, 0.15) is 12.9 Å². The predicted molar refractivity (Wildman–Crippen MR) is 44.2 cm³/mol. The van der Waals surface area contributed by atoms with Gasteiger partial charge in [-0.3, -0.25) is 0 Å². The van der Waals surface area contributed by atoms with E-state index < -0.39 is 0 Å². The second kappa shape index (κ2) is 6.33. The molecular weight excluding hydrogens is 231 g/mol. The molecule has 0 aromatic rings. The molecule has 0 aromatic carbocycles. The van der Waals surface area contributed by atoms with E-state index in [2.05, 4.69) is 14.6 Å². The van der Waals surface area contributed by atoms with Crippen LogP contribution in [0.4, 0.5) is 0 Å². The maximum atomic E-state index is 5.03. The maximum Gasteiger partial charge on any atom is 0.148 e. The Balaban J connectivity index is 3.23. The molecule has 0 N–H and O–H groups in total. The lowest BCUT2D eigenvalue weighted by atomic mass is 10.4. The third-order valence-corrected chi connectivity index (χ3v) is 1.01. The normalized spacial score (nSPS) is 11.9. The van der Waals surface area contributed by atoms with Crippen LogP contribution in [0.2, 0.25) is 0 Å². The first kappa shape index (κ1) is 9.21. The summed E-state index contributed by atoms with van der Waals surface area (Å²) in [5.74, 6) is 2.81. The minimum atomic E-state index is -0.0261. The van der Waals surface area contributed by atoms with Crippen LogP contribution in [-0.2, 0) is 9.47 Å². The molecule has 0 aromatic heterocycles. The zero-order valence-electron chi connectivity index (χ0n) is 5.48. The molecular formula is C6H9IO2. The van der Waals surface area contributed by atoms with Crippen molar-refractivity contribution in [1.82, 2.24) is 0 Å². The molecule has 0 aliphatic heterocycles. The standard InChI is InChI=1S/C6H9IO2/c1-6(3-4-7)9-5-8-2/h6H,5H2,1-2H3. The number of ether oxygens (including phenoxy) is 2. The Morgan fingerprint density at radius 1 is 1.67 bits per heavy atom. The van der Waals surface area contributed by atoms with Gasteiger partial charge in [0.05, 0.1) is 0 Å². The SMILES string of the molecule is COCOC(C)C#CI. The van der Waals surface area contributed by atoms with Crippen LogP contribution in [0.3, 0.4) is 0 Å². The van der Waals surface area contributed by atoms with E-state index in [9.17, 15) is 0 Å². The molecule has 0 aliphatic carbocycles. The van der Waals surface area contributed by atoms with Gasteiger partial charge in [0.15, 0.2) is 0 Å². The molecule has 0 heterocycles. The lowest BCUT2D eigenvalue weighted by molar-refractivity contribution is -0.0465. The highest BCUT2D eigenvalue weighted by Crippen LogP contribution is 1.88. The summed E-state index contributed by atoms with van der Waals surface area (Å²) in [6, 6.07) is 0. The summed E-state index contributed by atoms with van der Waals surface area (Å²) in [5.41, 5.74) is 0. The van der Waals surface area contributed by atoms with E-state index in [1.807, 2.05) is 29.5 Å². The molecule has 0 bridgehead atoms. The Bertz CT molecular complexity index is 114. The van der Waals surface area contributed by atoms with Crippen molar-refractivity contribution >= 4 is 22.6 Å². The molecule has 0 fully saturated rings. The topological polar surface area (TPSA) is 18.5 Å². The summed E-state index contributed by atoms with van der Waals surface area (Å²) in [5, 5.41) is 0. The molecule has 3 heteroatoms. The summed E-state index contributed by atoms with van der Waals surface area (Å²) in [7, 11) is 1.59. The van der Waals surface area contributed by atoms with Crippen LogP contribution >= 0.6 is 22.6 Å². The molecule has 52 valence electrons. The fourth-order valence-corrected chi connectivity index (χ4v) is 0.727. The van der Waals surface area contributed by atoms with Crippen molar-refractivity contribution in [3.63, 3.8) is 0 Å². The highest BCUT2D eigenvalue weighted by atomic mass is 127. The molecule has 1 atom stereocenters. The molecule has 9 heavy (non-hydrogen) atoms. The second-order valence-corrected chi connectivity index (χ2v) is 1.99. The molecule has 0 amide bonds. The lowest BCUT2D eigenvalue weighted by Crippen LogP contribution is -2.06. The Hall–Kier alpha value is 0.210. The van der Waals surface area contributed by atoms with Gasteiger partial charge in [-0.25, -0.2) is 0 Å². The van der Waals surface area contributed by atoms with Crippen molar-refractivity contribution in [2.75, 3.05) is 13.9 Å². The van der Waals surface area contributed by atoms with Crippen molar-refractivity contribution in [3.05, 3.63) is 0 Å². The summed E-state index contributed by atoms with van der Waals surface area (Å²) < 4.78 is 12.4. The van der Waals surface area contributed by atoms with E-state index in [4.69, 9.17) is 4.74 Å². The van der Waals surface area contributed by atoms with E-state index in [1.54, 1.807) is 7.11 Å². The van der Waals surface area contributed by atoms with Gasteiger partial charge in [-0.15, -0.1) is 0 Å².